The van der Waals surface area contributed by atoms with Crippen LogP contribution in [0.1, 0.15) is 23.3 Å². The molecule has 1 aliphatic heterocycles. The van der Waals surface area contributed by atoms with Gasteiger partial charge in [-0.3, -0.25) is 9.59 Å². The fourth-order valence-corrected chi connectivity index (χ4v) is 3.76. The van der Waals surface area contributed by atoms with Gasteiger partial charge in [0.05, 0.1) is 5.52 Å². The molecule has 4 rings (SSSR count). The number of carbonyl (C=O) groups is 1. The summed E-state index contributed by atoms with van der Waals surface area (Å²) >= 11 is 0. The predicted molar refractivity (Wildman–Crippen MR) is 107 cm³/mol. The molecule has 7 nitrogen and oxygen atoms in total. The summed E-state index contributed by atoms with van der Waals surface area (Å²) in [5.74, 6) is 0.281. The quantitative estimate of drug-likeness (QED) is 0.633. The van der Waals surface area contributed by atoms with E-state index in [1.54, 1.807) is 29.2 Å². The first-order chi connectivity index (χ1) is 14.7. The highest BCUT2D eigenvalue weighted by Crippen LogP contribution is 2.31. The summed E-state index contributed by atoms with van der Waals surface area (Å²) in [4.78, 5) is 25.7. The molecule has 0 N–H and O–H groups in total. The minimum atomic E-state index is -4.30. The number of likely N-dealkylation sites (tertiary alicyclic amines) is 1. The Hall–Kier alpha value is -3.30. The van der Waals surface area contributed by atoms with Crippen molar-refractivity contribution in [1.29, 1.82) is 0 Å². The van der Waals surface area contributed by atoms with Gasteiger partial charge in [-0.1, -0.05) is 6.07 Å². The topological polar surface area (TPSA) is 69.4 Å². The van der Waals surface area contributed by atoms with E-state index in [0.29, 0.717) is 42.6 Å². The molecule has 0 aliphatic carbocycles. The Labute approximate surface area is 175 Å². The van der Waals surface area contributed by atoms with Crippen LogP contribution < -0.4 is 10.3 Å². The van der Waals surface area contributed by atoms with Gasteiger partial charge in [-0.05, 0) is 24.3 Å². The van der Waals surface area contributed by atoms with E-state index in [4.69, 9.17) is 4.74 Å². The Balaban J connectivity index is 1.42. The number of piperidine rings is 1. The van der Waals surface area contributed by atoms with E-state index >= 15 is 0 Å². The molecule has 164 valence electrons. The maximum atomic E-state index is 12.8. The van der Waals surface area contributed by atoms with Crippen molar-refractivity contribution < 1.29 is 22.7 Å². The molecule has 1 fully saturated rings. The lowest BCUT2D eigenvalue weighted by Crippen LogP contribution is -2.42. The zero-order chi connectivity index (χ0) is 22.2. The Morgan fingerprint density at radius 1 is 1.16 bits per heavy atom. The molecule has 1 saturated heterocycles. The third kappa shape index (κ3) is 4.57. The zero-order valence-electron chi connectivity index (χ0n) is 16.8. The largest absolute Gasteiger partial charge is 0.490 e. The molecule has 3 heterocycles. The molecule has 1 amide bonds. The van der Waals surface area contributed by atoms with Gasteiger partial charge in [0, 0.05) is 50.6 Å². The summed E-state index contributed by atoms with van der Waals surface area (Å²) in [6.07, 6.45) is -1.89. The molecular weight excluding hydrogens is 413 g/mol. The maximum absolute atomic E-state index is 12.8. The first kappa shape index (κ1) is 21.0. The predicted octanol–water partition coefficient (Wildman–Crippen LogP) is 2.98. The minimum absolute atomic E-state index is 0.159. The molecule has 0 saturated carbocycles. The van der Waals surface area contributed by atoms with Gasteiger partial charge in [-0.15, -0.1) is 0 Å². The number of aryl methyl sites for hydroxylation is 1. The lowest BCUT2D eigenvalue weighted by molar-refractivity contribution is -0.139. The molecule has 0 spiro atoms. The van der Waals surface area contributed by atoms with Crippen LogP contribution >= 0.6 is 0 Å². The van der Waals surface area contributed by atoms with Crippen LogP contribution in [0.5, 0.6) is 5.75 Å². The van der Waals surface area contributed by atoms with E-state index in [2.05, 4.69) is 5.10 Å². The van der Waals surface area contributed by atoms with Crippen LogP contribution in [0, 0.1) is 0 Å². The van der Waals surface area contributed by atoms with E-state index in [9.17, 15) is 22.8 Å². The fourth-order valence-electron chi connectivity index (χ4n) is 3.76. The second-order valence-electron chi connectivity index (χ2n) is 7.54. The van der Waals surface area contributed by atoms with Gasteiger partial charge in [-0.2, -0.15) is 18.3 Å². The lowest BCUT2D eigenvalue weighted by atomic mass is 10.1. The molecule has 0 bridgehead atoms. The molecule has 10 heteroatoms. The van der Waals surface area contributed by atoms with Crippen molar-refractivity contribution in [3.8, 4) is 5.75 Å². The molecule has 3 aromatic rings. The Morgan fingerprint density at radius 3 is 2.58 bits per heavy atom. The van der Waals surface area contributed by atoms with E-state index in [1.165, 1.54) is 25.4 Å². The van der Waals surface area contributed by atoms with Crippen molar-refractivity contribution >= 4 is 16.8 Å². The SMILES string of the molecule is Cn1nc(C(=O)N2CCC(Oc3cccc4c3ccn4CC(F)(F)F)CC2)ccc1=O. The van der Waals surface area contributed by atoms with Crippen LogP contribution in [0.3, 0.4) is 0 Å². The van der Waals surface area contributed by atoms with E-state index in [0.717, 1.165) is 9.25 Å². The Morgan fingerprint density at radius 2 is 1.90 bits per heavy atom. The van der Waals surface area contributed by atoms with Crippen LogP contribution in [0.25, 0.3) is 10.9 Å². The highest BCUT2D eigenvalue weighted by atomic mass is 19.4. The summed E-state index contributed by atoms with van der Waals surface area (Å²) in [7, 11) is 1.49. The van der Waals surface area contributed by atoms with E-state index < -0.39 is 12.7 Å². The van der Waals surface area contributed by atoms with Crippen LogP contribution in [0.15, 0.2) is 47.4 Å². The van der Waals surface area contributed by atoms with Crippen molar-refractivity contribution in [3.63, 3.8) is 0 Å². The van der Waals surface area contributed by atoms with Crippen molar-refractivity contribution in [2.75, 3.05) is 13.1 Å². The lowest BCUT2D eigenvalue weighted by Gasteiger charge is -2.32. The van der Waals surface area contributed by atoms with Gasteiger partial charge in [0.25, 0.3) is 11.5 Å². The summed E-state index contributed by atoms with van der Waals surface area (Å²) < 4.78 is 46.7. The number of hydrogen-bond donors (Lipinski definition) is 0. The maximum Gasteiger partial charge on any atom is 0.406 e. The third-order valence-electron chi connectivity index (χ3n) is 5.33. The van der Waals surface area contributed by atoms with Gasteiger partial charge in [0.1, 0.15) is 24.1 Å². The van der Waals surface area contributed by atoms with Gasteiger partial charge >= 0.3 is 6.18 Å². The summed E-state index contributed by atoms with van der Waals surface area (Å²) in [6, 6.07) is 9.40. The standard InChI is InChI=1S/C21H21F3N4O3/c1-26-19(29)6-5-16(25-26)20(30)27-10-7-14(8-11-27)31-18-4-2-3-17-15(18)9-12-28(17)13-21(22,23)24/h2-6,9,12,14H,7-8,10-11,13H2,1H3. The molecule has 2 aromatic heterocycles. The normalized spacial score (nSPS) is 15.4. The van der Waals surface area contributed by atoms with Crippen molar-refractivity contribution in [3.05, 3.63) is 58.6 Å². The summed E-state index contributed by atoms with van der Waals surface area (Å²) in [5.41, 5.74) is 0.377. The van der Waals surface area contributed by atoms with Gasteiger partial charge in [0.2, 0.25) is 0 Å². The number of amides is 1. The second kappa shape index (κ2) is 8.09. The first-order valence-corrected chi connectivity index (χ1v) is 9.86. The molecule has 0 unspecified atom stereocenters. The van der Waals surface area contributed by atoms with E-state index in [-0.39, 0.29) is 23.3 Å². The van der Waals surface area contributed by atoms with Crippen LogP contribution in [-0.4, -0.2) is 50.5 Å². The molecule has 1 aliphatic rings. The first-order valence-electron chi connectivity index (χ1n) is 9.86. The molecule has 31 heavy (non-hydrogen) atoms. The van der Waals surface area contributed by atoms with Crippen LogP contribution in [0.4, 0.5) is 13.2 Å². The number of rotatable bonds is 4. The summed E-state index contributed by atoms with van der Waals surface area (Å²) in [5, 5.41) is 4.62. The fraction of sp³-hybridized carbons (Fsp3) is 0.381. The number of halogens is 3. The van der Waals surface area contributed by atoms with Crippen LogP contribution in [-0.2, 0) is 13.6 Å². The highest BCUT2D eigenvalue weighted by molar-refractivity contribution is 5.92. The minimum Gasteiger partial charge on any atom is -0.490 e. The van der Waals surface area contributed by atoms with Gasteiger partial charge in [0.15, 0.2) is 0 Å². The number of hydrogen-bond acceptors (Lipinski definition) is 4. The average molecular weight is 434 g/mol. The van der Waals surface area contributed by atoms with Crippen molar-refractivity contribution in [2.24, 2.45) is 7.05 Å². The third-order valence-corrected chi connectivity index (χ3v) is 5.33. The number of ether oxygens (including phenoxy) is 1. The summed E-state index contributed by atoms with van der Waals surface area (Å²) in [6.45, 7) is -0.141. The van der Waals surface area contributed by atoms with E-state index in [1.807, 2.05) is 0 Å². The number of carbonyl (C=O) groups excluding carboxylic acids is 1. The Kier molecular flexibility index (Phi) is 5.47. The highest BCUT2D eigenvalue weighted by Gasteiger charge is 2.29. The van der Waals surface area contributed by atoms with Crippen molar-refractivity contribution in [1.82, 2.24) is 19.2 Å². The number of nitrogens with zero attached hydrogens (tertiary/aromatic N) is 4. The number of benzene rings is 1. The van der Waals surface area contributed by atoms with Gasteiger partial charge < -0.3 is 14.2 Å². The second-order valence-corrected chi connectivity index (χ2v) is 7.54. The van der Waals surface area contributed by atoms with Crippen molar-refractivity contribution in [2.45, 2.75) is 31.7 Å². The zero-order valence-corrected chi connectivity index (χ0v) is 16.8. The molecule has 0 atom stereocenters. The monoisotopic (exact) mass is 434 g/mol. The average Bonchev–Trinajstić information content (AvgIpc) is 3.12. The Bertz CT molecular complexity index is 1160. The molecule has 0 radical (unpaired) electrons. The van der Waals surface area contributed by atoms with Crippen LogP contribution in [0.2, 0.25) is 0 Å². The molecule has 1 aromatic carbocycles. The number of aromatic nitrogens is 3. The number of fused-ring (bicyclic) bond motifs is 1. The van der Waals surface area contributed by atoms with Gasteiger partial charge in [-0.25, -0.2) is 4.68 Å². The number of alkyl halides is 3. The smallest absolute Gasteiger partial charge is 0.406 e. The molecular formula is C21H21F3N4O3.